The number of thioether (sulfide) groups is 1. The van der Waals surface area contributed by atoms with Crippen molar-refractivity contribution in [3.8, 4) is 11.5 Å². The minimum Gasteiger partial charge on any atom is -0.457 e. The van der Waals surface area contributed by atoms with Gasteiger partial charge in [-0.2, -0.15) is 0 Å². The molecule has 2 aromatic carbocycles. The molecular formula is C14H14ClNOS. The van der Waals surface area contributed by atoms with Crippen molar-refractivity contribution >= 4 is 23.4 Å². The van der Waals surface area contributed by atoms with Crippen LogP contribution in [0.5, 0.6) is 11.5 Å². The van der Waals surface area contributed by atoms with Gasteiger partial charge in [0.1, 0.15) is 11.5 Å². The Kier molecular flexibility index (Phi) is 4.53. The summed E-state index contributed by atoms with van der Waals surface area (Å²) in [7, 11) is 0. The molecular weight excluding hydrogens is 266 g/mol. The van der Waals surface area contributed by atoms with Crippen molar-refractivity contribution in [3.63, 3.8) is 0 Å². The van der Waals surface area contributed by atoms with E-state index in [4.69, 9.17) is 22.1 Å². The summed E-state index contributed by atoms with van der Waals surface area (Å²) in [6.45, 7) is 0.451. The molecule has 2 aromatic rings. The first-order valence-corrected chi connectivity index (χ1v) is 7.14. The van der Waals surface area contributed by atoms with Gasteiger partial charge in [-0.1, -0.05) is 23.7 Å². The highest BCUT2D eigenvalue weighted by molar-refractivity contribution is 7.98. The van der Waals surface area contributed by atoms with Gasteiger partial charge < -0.3 is 10.5 Å². The van der Waals surface area contributed by atoms with Crippen molar-refractivity contribution < 1.29 is 4.74 Å². The van der Waals surface area contributed by atoms with Crippen LogP contribution in [0.4, 0.5) is 0 Å². The predicted molar refractivity (Wildman–Crippen MR) is 77.6 cm³/mol. The van der Waals surface area contributed by atoms with Crippen LogP contribution in [-0.2, 0) is 6.54 Å². The zero-order valence-electron chi connectivity index (χ0n) is 10.0. The van der Waals surface area contributed by atoms with Crippen molar-refractivity contribution in [2.45, 2.75) is 11.4 Å². The molecule has 0 spiro atoms. The third-order valence-electron chi connectivity index (χ3n) is 2.54. The molecule has 0 unspecified atom stereocenters. The van der Waals surface area contributed by atoms with Crippen LogP contribution < -0.4 is 10.5 Å². The standard InChI is InChI=1S/C14H14ClNOS/c1-18-14-7-3-6-13(12(14)9-16)17-11-5-2-4-10(15)8-11/h2-8H,9,16H2,1H3. The van der Waals surface area contributed by atoms with Crippen molar-refractivity contribution in [1.29, 1.82) is 0 Å². The normalized spacial score (nSPS) is 10.4. The van der Waals surface area contributed by atoms with Crippen LogP contribution in [-0.4, -0.2) is 6.26 Å². The lowest BCUT2D eigenvalue weighted by Gasteiger charge is -2.13. The smallest absolute Gasteiger partial charge is 0.133 e. The van der Waals surface area contributed by atoms with Crippen LogP contribution in [0, 0.1) is 0 Å². The highest BCUT2D eigenvalue weighted by Gasteiger charge is 2.08. The van der Waals surface area contributed by atoms with Gasteiger partial charge in [0, 0.05) is 22.0 Å². The molecule has 0 aliphatic rings. The van der Waals surface area contributed by atoms with Gasteiger partial charge in [-0.15, -0.1) is 11.8 Å². The summed E-state index contributed by atoms with van der Waals surface area (Å²) >= 11 is 7.60. The Balaban J connectivity index is 2.34. The highest BCUT2D eigenvalue weighted by atomic mass is 35.5. The van der Waals surface area contributed by atoms with E-state index in [0.29, 0.717) is 11.6 Å². The number of benzene rings is 2. The molecule has 0 heterocycles. The molecule has 0 radical (unpaired) electrons. The van der Waals surface area contributed by atoms with Crippen LogP contribution in [0.15, 0.2) is 47.4 Å². The molecule has 0 saturated carbocycles. The van der Waals surface area contributed by atoms with Gasteiger partial charge in [-0.25, -0.2) is 0 Å². The summed E-state index contributed by atoms with van der Waals surface area (Å²) in [5.74, 6) is 1.50. The average Bonchev–Trinajstić information content (AvgIpc) is 2.38. The van der Waals surface area contributed by atoms with E-state index in [1.165, 1.54) is 0 Å². The van der Waals surface area contributed by atoms with Crippen LogP contribution in [0.2, 0.25) is 5.02 Å². The van der Waals surface area contributed by atoms with E-state index in [1.54, 1.807) is 17.8 Å². The second kappa shape index (κ2) is 6.14. The first-order valence-electron chi connectivity index (χ1n) is 5.54. The van der Waals surface area contributed by atoms with E-state index in [1.807, 2.05) is 42.7 Å². The molecule has 0 atom stereocenters. The van der Waals surface area contributed by atoms with Crippen LogP contribution >= 0.6 is 23.4 Å². The quantitative estimate of drug-likeness (QED) is 0.847. The number of nitrogens with two attached hydrogens (primary N) is 1. The van der Waals surface area contributed by atoms with Gasteiger partial charge in [-0.3, -0.25) is 0 Å². The topological polar surface area (TPSA) is 35.2 Å². The van der Waals surface area contributed by atoms with Crippen LogP contribution in [0.3, 0.4) is 0 Å². The molecule has 0 fully saturated rings. The number of rotatable bonds is 4. The van der Waals surface area contributed by atoms with Crippen molar-refractivity contribution in [2.24, 2.45) is 5.73 Å². The van der Waals surface area contributed by atoms with Gasteiger partial charge in [0.05, 0.1) is 0 Å². The lowest BCUT2D eigenvalue weighted by Crippen LogP contribution is -2.01. The lowest BCUT2D eigenvalue weighted by atomic mass is 10.2. The second-order valence-corrected chi connectivity index (χ2v) is 4.99. The van der Waals surface area contributed by atoms with Crippen molar-refractivity contribution in [1.82, 2.24) is 0 Å². The van der Waals surface area contributed by atoms with Gasteiger partial charge in [0.15, 0.2) is 0 Å². The summed E-state index contributed by atoms with van der Waals surface area (Å²) in [5, 5.41) is 0.655. The Morgan fingerprint density at radius 3 is 2.67 bits per heavy atom. The fourth-order valence-corrected chi connectivity index (χ4v) is 2.52. The van der Waals surface area contributed by atoms with Crippen molar-refractivity contribution in [3.05, 3.63) is 53.1 Å². The Labute approximate surface area is 116 Å². The minimum absolute atomic E-state index is 0.451. The summed E-state index contributed by atoms with van der Waals surface area (Å²) in [5.41, 5.74) is 6.81. The van der Waals surface area contributed by atoms with E-state index >= 15 is 0 Å². The van der Waals surface area contributed by atoms with Gasteiger partial charge >= 0.3 is 0 Å². The molecule has 2 N–H and O–H groups in total. The van der Waals surface area contributed by atoms with Crippen molar-refractivity contribution in [2.75, 3.05) is 6.26 Å². The van der Waals surface area contributed by atoms with Crippen LogP contribution in [0.25, 0.3) is 0 Å². The molecule has 0 aliphatic heterocycles. The Hall–Kier alpha value is -1.16. The SMILES string of the molecule is CSc1cccc(Oc2cccc(Cl)c2)c1CN. The fourth-order valence-electron chi connectivity index (χ4n) is 1.69. The Morgan fingerprint density at radius 2 is 2.00 bits per heavy atom. The molecule has 18 heavy (non-hydrogen) atoms. The summed E-state index contributed by atoms with van der Waals surface area (Å²) < 4.78 is 5.85. The van der Waals surface area contributed by atoms with E-state index in [2.05, 4.69) is 0 Å². The zero-order valence-corrected chi connectivity index (χ0v) is 11.6. The monoisotopic (exact) mass is 279 g/mol. The molecule has 94 valence electrons. The van der Waals surface area contributed by atoms with Gasteiger partial charge in [0.25, 0.3) is 0 Å². The molecule has 2 nitrogen and oxygen atoms in total. The molecule has 0 saturated heterocycles. The molecule has 0 aliphatic carbocycles. The number of ether oxygens (including phenoxy) is 1. The molecule has 0 bridgehead atoms. The maximum Gasteiger partial charge on any atom is 0.133 e. The van der Waals surface area contributed by atoms with E-state index in [-0.39, 0.29) is 0 Å². The highest BCUT2D eigenvalue weighted by Crippen LogP contribution is 2.32. The third kappa shape index (κ3) is 2.99. The first-order chi connectivity index (χ1) is 8.74. The molecule has 0 aromatic heterocycles. The summed E-state index contributed by atoms with van der Waals surface area (Å²) in [6, 6.07) is 13.3. The van der Waals surface area contributed by atoms with E-state index < -0.39 is 0 Å². The largest absolute Gasteiger partial charge is 0.457 e. The number of hydrogen-bond donors (Lipinski definition) is 1. The lowest BCUT2D eigenvalue weighted by molar-refractivity contribution is 0.474. The molecule has 0 amide bonds. The summed E-state index contributed by atoms with van der Waals surface area (Å²) in [6.07, 6.45) is 2.03. The average molecular weight is 280 g/mol. The van der Waals surface area contributed by atoms with E-state index in [0.717, 1.165) is 22.0 Å². The van der Waals surface area contributed by atoms with Gasteiger partial charge in [-0.05, 0) is 36.6 Å². The molecule has 2 rings (SSSR count). The maximum absolute atomic E-state index is 5.93. The Morgan fingerprint density at radius 1 is 1.22 bits per heavy atom. The van der Waals surface area contributed by atoms with Crippen LogP contribution in [0.1, 0.15) is 5.56 Å². The Bertz CT molecular complexity index is 545. The predicted octanol–water partition coefficient (Wildman–Crippen LogP) is 4.31. The summed E-state index contributed by atoms with van der Waals surface area (Å²) in [4.78, 5) is 1.14. The second-order valence-electron chi connectivity index (χ2n) is 3.70. The minimum atomic E-state index is 0.451. The first kappa shape index (κ1) is 13.3. The fraction of sp³-hybridized carbons (Fsp3) is 0.143. The number of hydrogen-bond acceptors (Lipinski definition) is 3. The maximum atomic E-state index is 5.93. The zero-order chi connectivity index (χ0) is 13.0. The number of halogens is 1. The van der Waals surface area contributed by atoms with Gasteiger partial charge in [0.2, 0.25) is 0 Å². The molecule has 4 heteroatoms. The van der Waals surface area contributed by atoms with E-state index in [9.17, 15) is 0 Å². The third-order valence-corrected chi connectivity index (χ3v) is 3.60.